The number of ether oxygens (including phenoxy) is 1. The Kier molecular flexibility index (Phi) is 26.1. The Hall–Kier alpha value is -0.410. The minimum absolute atomic E-state index is 0. The number of rotatable bonds is 24. The van der Waals surface area contributed by atoms with Crippen LogP contribution < -0.4 is 34.7 Å². The van der Waals surface area contributed by atoms with E-state index >= 15 is 0 Å². The molecule has 0 fully saturated rings. The molecule has 0 spiro atoms. The van der Waals surface area contributed by atoms with Gasteiger partial charge in [0.15, 0.2) is 0 Å². The minimum Gasteiger partial charge on any atom is -0.545 e. The number of carbonyl (C=O) groups is 2. The number of aliphatic carboxylic acids is 1. The second-order valence-corrected chi connectivity index (χ2v) is 11.2. The summed E-state index contributed by atoms with van der Waals surface area (Å²) in [5, 5.41) is 9.21. The molecule has 0 saturated carbocycles. The maximum atomic E-state index is 11.8. The SMILES string of the molecule is CCCCCCCCCCCCCCCCCCCC(OC(=O)C=CC(=O)[O-])C(CC)S(=O)(=O)O.[Na+]. The van der Waals surface area contributed by atoms with Gasteiger partial charge in [-0.3, -0.25) is 4.55 Å². The predicted molar refractivity (Wildman–Crippen MR) is 138 cm³/mol. The van der Waals surface area contributed by atoms with Gasteiger partial charge in [-0.2, -0.15) is 8.42 Å². The Morgan fingerprint density at radius 2 is 1.14 bits per heavy atom. The smallest absolute Gasteiger partial charge is 0.545 e. The van der Waals surface area contributed by atoms with Crippen molar-refractivity contribution in [3.05, 3.63) is 12.2 Å². The number of carbonyl (C=O) groups excluding carboxylic acids is 2. The molecule has 0 aliphatic rings. The van der Waals surface area contributed by atoms with Crippen molar-refractivity contribution in [3.63, 3.8) is 0 Å². The van der Waals surface area contributed by atoms with Crippen LogP contribution in [0.1, 0.15) is 136 Å². The Morgan fingerprint density at radius 1 is 0.750 bits per heavy atom. The fourth-order valence-electron chi connectivity index (χ4n) is 4.38. The summed E-state index contributed by atoms with van der Waals surface area (Å²) in [6, 6.07) is 0. The van der Waals surface area contributed by atoms with E-state index in [-0.39, 0.29) is 36.0 Å². The first-order valence-electron chi connectivity index (χ1n) is 13.8. The Bertz CT molecular complexity index is 680. The molecule has 1 N–H and O–H groups in total. The molecule has 0 amide bonds. The summed E-state index contributed by atoms with van der Waals surface area (Å²) in [5.74, 6) is -2.51. The van der Waals surface area contributed by atoms with Gasteiger partial charge in [0, 0.05) is 6.08 Å². The van der Waals surface area contributed by atoms with Crippen molar-refractivity contribution in [1.29, 1.82) is 0 Å². The summed E-state index contributed by atoms with van der Waals surface area (Å²) >= 11 is 0. The van der Waals surface area contributed by atoms with Crippen LogP contribution in [0.15, 0.2) is 12.2 Å². The molecule has 2 unspecified atom stereocenters. The summed E-state index contributed by atoms with van der Waals surface area (Å²) in [4.78, 5) is 22.3. The third kappa shape index (κ3) is 22.8. The number of hydrogen-bond acceptors (Lipinski definition) is 6. The first kappa shape index (κ1) is 37.7. The van der Waals surface area contributed by atoms with Gasteiger partial charge in [0.1, 0.15) is 11.4 Å². The molecule has 2 atom stereocenters. The van der Waals surface area contributed by atoms with E-state index < -0.39 is 33.4 Å². The normalized spacial score (nSPS) is 13.3. The van der Waals surface area contributed by atoms with Crippen LogP contribution in [0, 0.1) is 0 Å². The second-order valence-electron chi connectivity index (χ2n) is 9.53. The molecule has 0 heterocycles. The molecule has 0 aliphatic heterocycles. The fourth-order valence-corrected chi connectivity index (χ4v) is 5.38. The van der Waals surface area contributed by atoms with Crippen LogP contribution in [-0.2, 0) is 24.4 Å². The van der Waals surface area contributed by atoms with Gasteiger partial charge in [0.05, 0.1) is 5.97 Å². The van der Waals surface area contributed by atoms with Crippen molar-refractivity contribution in [2.24, 2.45) is 0 Å². The third-order valence-electron chi connectivity index (χ3n) is 6.41. The zero-order valence-electron chi connectivity index (χ0n) is 23.0. The number of esters is 1. The van der Waals surface area contributed by atoms with Crippen LogP contribution in [-0.4, -0.2) is 36.3 Å². The van der Waals surface area contributed by atoms with Crippen LogP contribution in [0.3, 0.4) is 0 Å². The molecule has 9 heteroatoms. The second kappa shape index (κ2) is 24.9. The molecule has 0 bridgehead atoms. The van der Waals surface area contributed by atoms with Gasteiger partial charge in [0.2, 0.25) is 0 Å². The standard InChI is InChI=1S/C27H50O7S.Na/c1-3-5-6-7-8-9-10-11-12-13-14-15-16-17-18-19-20-21-24(25(4-2)35(31,32)33)34-27(30)23-22-26(28)29;/h22-25H,3-21H2,1-2H3,(H,28,29)(H,31,32,33);/q;+1/p-1. The Morgan fingerprint density at radius 3 is 1.47 bits per heavy atom. The van der Waals surface area contributed by atoms with Crippen molar-refractivity contribution in [2.75, 3.05) is 0 Å². The number of carboxylic acid groups (broad SMARTS) is 1. The molecular weight excluding hydrogens is 491 g/mol. The van der Waals surface area contributed by atoms with Gasteiger partial charge in [-0.15, -0.1) is 0 Å². The van der Waals surface area contributed by atoms with Gasteiger partial charge >= 0.3 is 35.5 Å². The van der Waals surface area contributed by atoms with Crippen molar-refractivity contribution in [1.82, 2.24) is 0 Å². The van der Waals surface area contributed by atoms with Crippen LogP contribution in [0.2, 0.25) is 0 Å². The van der Waals surface area contributed by atoms with Gasteiger partial charge < -0.3 is 14.6 Å². The van der Waals surface area contributed by atoms with E-state index in [0.29, 0.717) is 25.0 Å². The molecule has 0 radical (unpaired) electrons. The maximum absolute atomic E-state index is 11.8. The summed E-state index contributed by atoms with van der Waals surface area (Å²) in [5.41, 5.74) is 0. The summed E-state index contributed by atoms with van der Waals surface area (Å²) in [6.45, 7) is 3.84. The van der Waals surface area contributed by atoms with E-state index in [0.717, 1.165) is 19.3 Å². The largest absolute Gasteiger partial charge is 1.00 e. The molecule has 206 valence electrons. The number of hydrogen-bond donors (Lipinski definition) is 1. The van der Waals surface area contributed by atoms with E-state index in [1.54, 1.807) is 6.92 Å². The van der Waals surface area contributed by atoms with E-state index in [9.17, 15) is 27.7 Å². The van der Waals surface area contributed by atoms with Crippen molar-refractivity contribution in [2.45, 2.75) is 147 Å². The van der Waals surface area contributed by atoms with Crippen LogP contribution in [0.25, 0.3) is 0 Å². The van der Waals surface area contributed by atoms with Gasteiger partial charge in [0.25, 0.3) is 10.1 Å². The van der Waals surface area contributed by atoms with E-state index in [4.69, 9.17) is 4.74 Å². The first-order valence-corrected chi connectivity index (χ1v) is 15.3. The molecule has 0 aromatic heterocycles. The molecule has 36 heavy (non-hydrogen) atoms. The average molecular weight is 541 g/mol. The molecule has 0 aromatic rings. The maximum Gasteiger partial charge on any atom is 1.00 e. The number of carboxylic acids is 1. The van der Waals surface area contributed by atoms with Crippen LogP contribution in [0.4, 0.5) is 0 Å². The quantitative estimate of drug-likeness (QED) is 0.0657. The van der Waals surface area contributed by atoms with Gasteiger partial charge in [-0.1, -0.05) is 117 Å². The summed E-state index contributed by atoms with van der Waals surface area (Å²) < 4.78 is 38.0. The molecule has 0 aliphatic carbocycles. The van der Waals surface area contributed by atoms with E-state index in [1.807, 2.05) is 0 Å². The molecule has 0 aromatic carbocycles. The molecule has 0 saturated heterocycles. The minimum atomic E-state index is -4.39. The Balaban J connectivity index is 0. The molecule has 7 nitrogen and oxygen atoms in total. The van der Waals surface area contributed by atoms with Gasteiger partial charge in [-0.05, 0) is 25.3 Å². The van der Waals surface area contributed by atoms with E-state index in [1.165, 1.54) is 83.5 Å². The zero-order chi connectivity index (χ0) is 26.4. The molecular formula is C27H49NaO7S. The summed E-state index contributed by atoms with van der Waals surface area (Å²) in [6.07, 6.45) is 21.5. The number of unbranched alkanes of at least 4 members (excludes halogenated alkanes) is 16. The zero-order valence-corrected chi connectivity index (χ0v) is 25.9. The average Bonchev–Trinajstić information content (AvgIpc) is 2.79. The fraction of sp³-hybridized carbons (Fsp3) is 0.852. The predicted octanol–water partition coefficient (Wildman–Crippen LogP) is 2.92. The van der Waals surface area contributed by atoms with Gasteiger partial charge in [-0.25, -0.2) is 4.79 Å². The van der Waals surface area contributed by atoms with Crippen molar-refractivity contribution in [3.8, 4) is 0 Å². The monoisotopic (exact) mass is 540 g/mol. The van der Waals surface area contributed by atoms with Crippen LogP contribution in [0.5, 0.6) is 0 Å². The van der Waals surface area contributed by atoms with Crippen molar-refractivity contribution < 1.29 is 62.0 Å². The topological polar surface area (TPSA) is 121 Å². The van der Waals surface area contributed by atoms with E-state index in [2.05, 4.69) is 6.92 Å². The van der Waals surface area contributed by atoms with Crippen LogP contribution >= 0.6 is 0 Å². The third-order valence-corrected chi connectivity index (χ3v) is 7.82. The first-order chi connectivity index (χ1) is 16.7. The Labute approximate surface area is 242 Å². The van der Waals surface area contributed by atoms with Crippen molar-refractivity contribution >= 4 is 22.1 Å². The summed E-state index contributed by atoms with van der Waals surface area (Å²) in [7, 11) is -4.39. The molecule has 0 rings (SSSR count).